The van der Waals surface area contributed by atoms with Crippen molar-refractivity contribution in [2.45, 2.75) is 50.8 Å². The molecule has 0 aromatic carbocycles. The first-order valence-corrected chi connectivity index (χ1v) is 8.19. The number of hydrogen-bond acceptors (Lipinski definition) is 4. The Balaban J connectivity index is 1.76. The van der Waals surface area contributed by atoms with Gasteiger partial charge < -0.3 is 14.4 Å². The summed E-state index contributed by atoms with van der Waals surface area (Å²) >= 11 is 0. The first-order chi connectivity index (χ1) is 11.5. The predicted octanol–water partition coefficient (Wildman–Crippen LogP) is 3.76. The number of carbonyl (C=O) groups excluding carboxylic acids is 1. The maximum atomic E-state index is 13.0. The van der Waals surface area contributed by atoms with E-state index >= 15 is 0 Å². The van der Waals surface area contributed by atoms with E-state index < -0.39 is 29.0 Å². The fraction of sp³-hybridized carbons (Fsp3) is 0.647. The van der Waals surface area contributed by atoms with Gasteiger partial charge in [-0.1, -0.05) is 0 Å². The van der Waals surface area contributed by atoms with E-state index in [1.165, 1.54) is 0 Å². The molecule has 138 valence electrons. The number of alkyl halides is 3. The molecule has 2 aliphatic heterocycles. The van der Waals surface area contributed by atoms with Crippen LogP contribution < -0.4 is 4.74 Å². The molecule has 1 aromatic heterocycles. The van der Waals surface area contributed by atoms with E-state index in [-0.39, 0.29) is 0 Å². The lowest BCUT2D eigenvalue weighted by atomic mass is 9.74. The summed E-state index contributed by atoms with van der Waals surface area (Å²) in [7, 11) is 0. The van der Waals surface area contributed by atoms with Crippen molar-refractivity contribution < 1.29 is 27.4 Å². The standard InChI is InChI=1S/C17H21F3N2O3/c1-15(2,3)25-14(23)22-6-4-16(5-7-22)10-24-12-9-21-13(8-11(12)16)17(18,19)20/h8-9H,4-7,10H2,1-3H3. The molecule has 0 aliphatic carbocycles. The van der Waals surface area contributed by atoms with Gasteiger partial charge in [-0.25, -0.2) is 9.78 Å². The Labute approximate surface area is 144 Å². The highest BCUT2D eigenvalue weighted by molar-refractivity contribution is 5.68. The number of hydrogen-bond donors (Lipinski definition) is 0. The second kappa shape index (κ2) is 5.78. The molecule has 0 atom stereocenters. The van der Waals surface area contributed by atoms with E-state index in [2.05, 4.69) is 4.98 Å². The van der Waals surface area contributed by atoms with Gasteiger partial charge in [-0.05, 0) is 39.7 Å². The Kier molecular flexibility index (Phi) is 4.12. The molecule has 25 heavy (non-hydrogen) atoms. The number of nitrogens with zero attached hydrogens (tertiary/aromatic N) is 2. The second-order valence-electron chi connectivity index (χ2n) is 7.60. The van der Waals surface area contributed by atoms with Crippen molar-refractivity contribution in [3.8, 4) is 5.75 Å². The molecule has 5 nitrogen and oxygen atoms in total. The molecule has 0 bridgehead atoms. The highest BCUT2D eigenvalue weighted by Crippen LogP contribution is 2.46. The summed E-state index contributed by atoms with van der Waals surface area (Å²) < 4.78 is 49.8. The van der Waals surface area contributed by atoms with E-state index in [1.807, 2.05) is 0 Å². The van der Waals surface area contributed by atoms with Gasteiger partial charge in [0.2, 0.25) is 0 Å². The topological polar surface area (TPSA) is 51.7 Å². The Morgan fingerprint density at radius 1 is 1.28 bits per heavy atom. The molecule has 0 radical (unpaired) electrons. The van der Waals surface area contributed by atoms with Crippen LogP contribution in [0.3, 0.4) is 0 Å². The maximum absolute atomic E-state index is 13.0. The predicted molar refractivity (Wildman–Crippen MR) is 83.5 cm³/mol. The number of halogens is 3. The zero-order valence-corrected chi connectivity index (χ0v) is 14.4. The number of likely N-dealkylation sites (tertiary alicyclic amines) is 1. The van der Waals surface area contributed by atoms with Gasteiger partial charge in [-0.15, -0.1) is 0 Å². The molecule has 2 aliphatic rings. The fourth-order valence-electron chi connectivity index (χ4n) is 3.28. The quantitative estimate of drug-likeness (QED) is 0.709. The van der Waals surface area contributed by atoms with Crippen molar-refractivity contribution >= 4 is 6.09 Å². The Morgan fingerprint density at radius 3 is 2.48 bits per heavy atom. The molecule has 1 amide bonds. The normalized spacial score (nSPS) is 19.5. The number of piperidine rings is 1. The summed E-state index contributed by atoms with van der Waals surface area (Å²) in [5.74, 6) is 0.402. The monoisotopic (exact) mass is 358 g/mol. The molecule has 0 saturated carbocycles. The highest BCUT2D eigenvalue weighted by atomic mass is 19.4. The van der Waals surface area contributed by atoms with Crippen molar-refractivity contribution in [3.05, 3.63) is 23.5 Å². The van der Waals surface area contributed by atoms with Crippen LogP contribution in [0, 0.1) is 0 Å². The highest BCUT2D eigenvalue weighted by Gasteiger charge is 2.46. The van der Waals surface area contributed by atoms with Crippen LogP contribution in [-0.2, 0) is 16.3 Å². The average molecular weight is 358 g/mol. The van der Waals surface area contributed by atoms with Gasteiger partial charge in [0, 0.05) is 24.1 Å². The zero-order chi connectivity index (χ0) is 18.5. The molecule has 0 unspecified atom stereocenters. The van der Waals surface area contributed by atoms with Crippen LogP contribution in [0.5, 0.6) is 5.75 Å². The summed E-state index contributed by atoms with van der Waals surface area (Å²) in [5.41, 5.74) is -1.45. The van der Waals surface area contributed by atoms with Crippen molar-refractivity contribution in [2.24, 2.45) is 0 Å². The molecule has 1 fully saturated rings. The van der Waals surface area contributed by atoms with Crippen LogP contribution in [0.4, 0.5) is 18.0 Å². The molecule has 1 spiro atoms. The van der Waals surface area contributed by atoms with Crippen LogP contribution >= 0.6 is 0 Å². The number of amides is 1. The smallest absolute Gasteiger partial charge is 0.433 e. The SMILES string of the molecule is CC(C)(C)OC(=O)N1CCC2(CC1)COc1cnc(C(F)(F)F)cc12. The number of carbonyl (C=O) groups is 1. The summed E-state index contributed by atoms with van der Waals surface area (Å²) in [5, 5.41) is 0. The minimum atomic E-state index is -4.49. The molecule has 3 rings (SSSR count). The van der Waals surface area contributed by atoms with Gasteiger partial charge >= 0.3 is 12.3 Å². The lowest BCUT2D eigenvalue weighted by molar-refractivity contribution is -0.141. The van der Waals surface area contributed by atoms with Gasteiger partial charge in [-0.2, -0.15) is 13.2 Å². The van der Waals surface area contributed by atoms with E-state index in [9.17, 15) is 18.0 Å². The number of pyridine rings is 1. The van der Waals surface area contributed by atoms with Gasteiger partial charge in [0.1, 0.15) is 17.0 Å². The average Bonchev–Trinajstić information content (AvgIpc) is 2.84. The number of aromatic nitrogens is 1. The summed E-state index contributed by atoms with van der Waals surface area (Å²) in [6.07, 6.45) is -2.68. The van der Waals surface area contributed by atoms with Gasteiger partial charge in [-0.3, -0.25) is 0 Å². The van der Waals surface area contributed by atoms with Crippen LogP contribution in [0.15, 0.2) is 12.3 Å². The van der Waals surface area contributed by atoms with Crippen molar-refractivity contribution in [1.82, 2.24) is 9.88 Å². The molecular formula is C17H21F3N2O3. The minimum Gasteiger partial charge on any atom is -0.491 e. The molecular weight excluding hydrogens is 337 g/mol. The van der Waals surface area contributed by atoms with Crippen molar-refractivity contribution in [1.29, 1.82) is 0 Å². The molecule has 8 heteroatoms. The summed E-state index contributed by atoms with van der Waals surface area (Å²) in [6.45, 7) is 6.53. The zero-order valence-electron chi connectivity index (χ0n) is 14.4. The minimum absolute atomic E-state index is 0.313. The lowest BCUT2D eigenvalue weighted by Crippen LogP contribution is -2.47. The van der Waals surface area contributed by atoms with Gasteiger partial charge in [0.15, 0.2) is 0 Å². The maximum Gasteiger partial charge on any atom is 0.433 e. The van der Waals surface area contributed by atoms with E-state index in [0.717, 1.165) is 12.3 Å². The first-order valence-electron chi connectivity index (χ1n) is 8.19. The largest absolute Gasteiger partial charge is 0.491 e. The van der Waals surface area contributed by atoms with E-state index in [1.54, 1.807) is 25.7 Å². The molecule has 1 aromatic rings. The molecule has 1 saturated heterocycles. The third kappa shape index (κ3) is 3.52. The summed E-state index contributed by atoms with van der Waals surface area (Å²) in [6, 6.07) is 1.09. The molecule has 0 N–H and O–H groups in total. The fourth-order valence-corrected chi connectivity index (χ4v) is 3.28. The van der Waals surface area contributed by atoms with Gasteiger partial charge in [0.05, 0.1) is 12.8 Å². The van der Waals surface area contributed by atoms with Crippen molar-refractivity contribution in [3.63, 3.8) is 0 Å². The molecule has 3 heterocycles. The number of ether oxygens (including phenoxy) is 2. The third-order valence-corrected chi connectivity index (χ3v) is 4.61. The summed E-state index contributed by atoms with van der Waals surface area (Å²) in [4.78, 5) is 17.2. The number of fused-ring (bicyclic) bond motifs is 2. The van der Waals surface area contributed by atoms with E-state index in [4.69, 9.17) is 9.47 Å². The second-order valence-corrected chi connectivity index (χ2v) is 7.60. The van der Waals surface area contributed by atoms with Crippen LogP contribution in [0.2, 0.25) is 0 Å². The Morgan fingerprint density at radius 2 is 1.92 bits per heavy atom. The third-order valence-electron chi connectivity index (χ3n) is 4.61. The van der Waals surface area contributed by atoms with Crippen LogP contribution in [0.25, 0.3) is 0 Å². The lowest BCUT2D eigenvalue weighted by Gasteiger charge is -2.38. The number of rotatable bonds is 0. The Hall–Kier alpha value is -1.99. The van der Waals surface area contributed by atoms with Crippen LogP contribution in [0.1, 0.15) is 44.9 Å². The van der Waals surface area contributed by atoms with Crippen molar-refractivity contribution in [2.75, 3.05) is 19.7 Å². The van der Waals surface area contributed by atoms with Crippen LogP contribution in [-0.4, -0.2) is 41.3 Å². The van der Waals surface area contributed by atoms with Gasteiger partial charge in [0.25, 0.3) is 0 Å². The first kappa shape index (κ1) is 17.8. The Bertz CT molecular complexity index is 675. The van der Waals surface area contributed by atoms with E-state index in [0.29, 0.717) is 43.9 Å².